The number of amides is 4. The van der Waals surface area contributed by atoms with E-state index in [0.717, 1.165) is 138 Å². The van der Waals surface area contributed by atoms with Crippen LogP contribution in [0.25, 0.3) is 21.5 Å². The Kier molecular flexibility index (Phi) is 15.7. The van der Waals surface area contributed by atoms with Crippen LogP contribution in [0.2, 0.25) is 0 Å². The molecule has 4 amide bonds. The van der Waals surface area contributed by atoms with Crippen molar-refractivity contribution in [2.45, 2.75) is 129 Å². The number of benzene rings is 4. The fourth-order valence-electron chi connectivity index (χ4n) is 11.3. The first-order valence-corrected chi connectivity index (χ1v) is 27.1. The van der Waals surface area contributed by atoms with E-state index in [4.69, 9.17) is 0 Å². The Hall–Kier alpha value is -7.48. The third kappa shape index (κ3) is 11.3. The van der Waals surface area contributed by atoms with Crippen LogP contribution in [0.1, 0.15) is 130 Å². The minimum absolute atomic E-state index is 0.186. The molecule has 4 aromatic carbocycles. The number of carbonyl (C=O) groups is 4. The fourth-order valence-corrected chi connectivity index (χ4v) is 11.3. The average molecular weight is 997 g/mol. The predicted octanol–water partition coefficient (Wildman–Crippen LogP) is 7.88. The summed E-state index contributed by atoms with van der Waals surface area (Å²) in [5, 5.41) is 3.71. The van der Waals surface area contributed by atoms with E-state index in [0.29, 0.717) is 48.2 Å². The molecule has 2 aliphatic heterocycles. The highest BCUT2D eigenvalue weighted by Crippen LogP contribution is 2.35. The highest BCUT2D eigenvalue weighted by molar-refractivity contribution is 6.26. The summed E-state index contributed by atoms with van der Waals surface area (Å²) in [5.74, 6) is -0.743. The maximum absolute atomic E-state index is 13.6. The molecule has 0 bridgehead atoms. The lowest BCUT2D eigenvalue weighted by Gasteiger charge is -2.27. The Labute approximate surface area is 434 Å². The Balaban J connectivity index is 0.588. The van der Waals surface area contributed by atoms with Gasteiger partial charge in [0.15, 0.2) is 0 Å². The van der Waals surface area contributed by atoms with Crippen LogP contribution in [-0.4, -0.2) is 64.8 Å². The van der Waals surface area contributed by atoms with Crippen molar-refractivity contribution >= 4 is 45.2 Å². The first kappa shape index (κ1) is 50.1. The van der Waals surface area contributed by atoms with Crippen LogP contribution < -0.4 is 18.3 Å². The monoisotopic (exact) mass is 997 g/mol. The zero-order chi connectivity index (χ0) is 51.0. The van der Waals surface area contributed by atoms with Crippen molar-refractivity contribution in [2.75, 3.05) is 13.1 Å². The SMILES string of the molecule is C[n+]1ccn(CCCN2C(=O)c3cccc4c(CCCCCC[n+]5ccn(CCCCn6cc[n+](CCCCCCc7ccc8c9c(cccc79)C(=O)N(CCCn7cc[n+](C)c7)C8=O)c6)c5)ccc(c34)C2=O)c1. The van der Waals surface area contributed by atoms with Crippen LogP contribution in [0.15, 0.2) is 136 Å². The smallest absolute Gasteiger partial charge is 0.261 e. The van der Waals surface area contributed by atoms with Crippen LogP contribution >= 0.6 is 0 Å². The minimum atomic E-state index is -0.186. The number of rotatable bonds is 27. The van der Waals surface area contributed by atoms with Crippen LogP contribution in [0.4, 0.5) is 0 Å². The van der Waals surface area contributed by atoms with Gasteiger partial charge in [-0.25, -0.2) is 36.5 Å². The van der Waals surface area contributed by atoms with Gasteiger partial charge in [-0.2, -0.15) is 0 Å². The topological polar surface area (TPSA) is 110 Å². The molecule has 382 valence electrons. The standard InChI is InChI=1S/C60H72N10O4/c1-61-35-37-63(43-61)31-15-33-69-57(71)51-21-13-19-49-47(23-25-53(55(49)51)59(69)73)17-7-3-5-9-27-65-39-41-67(45-65)29-11-12-30-68-42-40-66(46-68)28-10-6-4-8-18-48-24-26-54-56-50(48)20-14-22-52(56)58(72)70(60(54)74)34-16-32-64-38-36-62(2)44-64/h13-14,19-26,35-46H,3-12,15-18,27-34H2,1-2H3/q+4. The number of imidazole rings is 4. The molecule has 0 saturated carbocycles. The average Bonchev–Trinajstić information content (AvgIpc) is 4.25. The van der Waals surface area contributed by atoms with Crippen molar-refractivity contribution < 1.29 is 37.4 Å². The highest BCUT2D eigenvalue weighted by atomic mass is 16.2. The van der Waals surface area contributed by atoms with Crippen molar-refractivity contribution in [3.63, 3.8) is 0 Å². The lowest BCUT2D eigenvalue weighted by atomic mass is 9.89. The fraction of sp³-hybridized carbons (Fsp3) is 0.400. The van der Waals surface area contributed by atoms with E-state index in [2.05, 4.69) is 89.1 Å². The highest BCUT2D eigenvalue weighted by Gasteiger charge is 2.34. The van der Waals surface area contributed by atoms with Gasteiger partial charge in [0, 0.05) is 59.0 Å². The summed E-state index contributed by atoms with van der Waals surface area (Å²) in [6, 6.07) is 19.9. The summed E-state index contributed by atoms with van der Waals surface area (Å²) < 4.78 is 17.3. The van der Waals surface area contributed by atoms with E-state index in [1.54, 1.807) is 0 Å². The van der Waals surface area contributed by atoms with Crippen molar-refractivity contribution in [3.8, 4) is 0 Å². The van der Waals surface area contributed by atoms with Crippen molar-refractivity contribution in [1.82, 2.24) is 28.1 Å². The Morgan fingerprint density at radius 3 is 1.16 bits per heavy atom. The number of imide groups is 2. The number of nitrogens with zero attached hydrogens (tertiary/aromatic N) is 10. The molecule has 2 aliphatic rings. The largest absolute Gasteiger partial charge is 0.274 e. The Morgan fingerprint density at radius 1 is 0.365 bits per heavy atom. The van der Waals surface area contributed by atoms with Gasteiger partial charge in [-0.15, -0.1) is 0 Å². The predicted molar refractivity (Wildman–Crippen MR) is 282 cm³/mol. The van der Waals surface area contributed by atoms with Crippen molar-refractivity contribution in [1.29, 1.82) is 0 Å². The van der Waals surface area contributed by atoms with Crippen molar-refractivity contribution in [2.24, 2.45) is 14.1 Å². The Morgan fingerprint density at radius 2 is 0.743 bits per heavy atom. The minimum Gasteiger partial charge on any atom is -0.274 e. The number of hydrogen-bond acceptors (Lipinski definition) is 4. The lowest BCUT2D eigenvalue weighted by molar-refractivity contribution is -0.697. The summed E-state index contributed by atoms with van der Waals surface area (Å²) >= 11 is 0. The molecule has 6 heterocycles. The van der Waals surface area contributed by atoms with Crippen LogP contribution in [0, 0.1) is 0 Å². The molecule has 14 heteroatoms. The molecular weight excluding hydrogens is 925 g/mol. The van der Waals surface area contributed by atoms with Gasteiger partial charge in [0.05, 0.1) is 53.4 Å². The summed E-state index contributed by atoms with van der Waals surface area (Å²) in [5.41, 5.74) is 4.97. The third-order valence-electron chi connectivity index (χ3n) is 15.2. The molecule has 10 rings (SSSR count). The van der Waals surface area contributed by atoms with Crippen molar-refractivity contribution in [3.05, 3.63) is 169 Å². The van der Waals surface area contributed by atoms with Gasteiger partial charge in [0.2, 0.25) is 25.3 Å². The molecule has 0 atom stereocenters. The number of hydrogen-bond donors (Lipinski definition) is 0. The second-order valence-corrected chi connectivity index (χ2v) is 20.7. The van der Waals surface area contributed by atoms with Gasteiger partial charge >= 0.3 is 0 Å². The molecule has 0 N–H and O–H groups in total. The lowest BCUT2D eigenvalue weighted by Crippen LogP contribution is -2.41. The summed E-state index contributed by atoms with van der Waals surface area (Å²) in [4.78, 5) is 57.1. The molecule has 0 radical (unpaired) electrons. The van der Waals surface area contributed by atoms with E-state index in [1.165, 1.54) is 20.9 Å². The second-order valence-electron chi connectivity index (χ2n) is 20.7. The molecule has 8 aromatic rings. The van der Waals surface area contributed by atoms with E-state index < -0.39 is 0 Å². The maximum atomic E-state index is 13.6. The second kappa shape index (κ2) is 23.2. The summed E-state index contributed by atoms with van der Waals surface area (Å²) in [6.07, 6.45) is 39.7. The van der Waals surface area contributed by atoms with Gasteiger partial charge in [-0.1, -0.05) is 49.2 Å². The number of aromatic nitrogens is 8. The molecular formula is C60H72N10O4+4. The zero-order valence-corrected chi connectivity index (χ0v) is 43.4. The van der Waals surface area contributed by atoms with Crippen LogP contribution in [-0.2, 0) is 66.2 Å². The number of unbranched alkanes of at least 4 members (excludes halogenated alkanes) is 7. The van der Waals surface area contributed by atoms with Gasteiger partial charge in [0.25, 0.3) is 23.6 Å². The van der Waals surface area contributed by atoms with Gasteiger partial charge in [0.1, 0.15) is 49.6 Å². The molecule has 0 saturated heterocycles. The molecule has 0 spiro atoms. The van der Waals surface area contributed by atoms with Crippen LogP contribution in [0.3, 0.4) is 0 Å². The molecule has 74 heavy (non-hydrogen) atoms. The van der Waals surface area contributed by atoms with E-state index in [9.17, 15) is 19.2 Å². The van der Waals surface area contributed by atoms with E-state index in [-0.39, 0.29) is 23.6 Å². The normalized spacial score (nSPS) is 13.4. The van der Waals surface area contributed by atoms with Gasteiger partial charge < -0.3 is 0 Å². The first-order chi connectivity index (χ1) is 36.2. The first-order valence-electron chi connectivity index (χ1n) is 27.1. The third-order valence-corrected chi connectivity index (χ3v) is 15.2. The molecule has 0 fully saturated rings. The molecule has 0 aliphatic carbocycles. The maximum Gasteiger partial charge on any atom is 0.261 e. The van der Waals surface area contributed by atoms with E-state index >= 15 is 0 Å². The Bertz CT molecular complexity index is 3040. The quantitative estimate of drug-likeness (QED) is 0.0297. The van der Waals surface area contributed by atoms with Crippen LogP contribution in [0.5, 0.6) is 0 Å². The molecule has 14 nitrogen and oxygen atoms in total. The van der Waals surface area contributed by atoms with E-state index in [1.807, 2.05) is 97.1 Å². The number of carbonyl (C=O) groups excluding carboxylic acids is 4. The summed E-state index contributed by atoms with van der Waals surface area (Å²) in [6.45, 7) is 6.32. The zero-order valence-electron chi connectivity index (χ0n) is 43.4. The molecule has 4 aromatic heterocycles. The van der Waals surface area contributed by atoms with Gasteiger partial charge in [-0.3, -0.25) is 29.0 Å². The summed E-state index contributed by atoms with van der Waals surface area (Å²) in [7, 11) is 3.96. The van der Waals surface area contributed by atoms with Gasteiger partial charge in [-0.05, 0) is 110 Å². The number of aryl methyl sites for hydroxylation is 10. The molecule has 0 unspecified atom stereocenters.